The number of allylic oxidation sites excluding steroid dienone is 6. The quantitative estimate of drug-likeness (QED) is 0.0156. The zero-order valence-corrected chi connectivity index (χ0v) is 35.8. The van der Waals surface area contributed by atoms with Gasteiger partial charge in [0.1, 0.15) is 43.2 Å². The molecule has 0 saturated heterocycles. The number of hydrogen-bond acceptors (Lipinski definition) is 12. The van der Waals surface area contributed by atoms with Crippen molar-refractivity contribution in [3.8, 4) is 0 Å². The largest absolute Gasteiger partial charge is 0.472 e. The maximum Gasteiger partial charge on any atom is 0.472 e. The summed E-state index contributed by atoms with van der Waals surface area (Å²) in [5.41, 5.74) is 0. The Morgan fingerprint density at radius 3 is 1.49 bits per heavy atom. The maximum absolute atomic E-state index is 12.8. The molecule has 57 heavy (non-hydrogen) atoms. The molecule has 0 amide bonds. The average molecular weight is 833 g/mol. The van der Waals surface area contributed by atoms with Gasteiger partial charge in [-0.3, -0.25) is 18.6 Å². The molecule has 0 heterocycles. The van der Waals surface area contributed by atoms with Crippen molar-refractivity contribution >= 4 is 19.8 Å². The van der Waals surface area contributed by atoms with Gasteiger partial charge in [0.15, 0.2) is 6.10 Å². The Bertz CT molecular complexity index is 1150. The van der Waals surface area contributed by atoms with Crippen molar-refractivity contribution in [2.45, 2.75) is 211 Å². The number of carbonyl (C=O) groups is 2. The van der Waals surface area contributed by atoms with Crippen molar-refractivity contribution in [2.24, 2.45) is 0 Å². The Hall–Kier alpha value is -1.93. The van der Waals surface area contributed by atoms with Crippen molar-refractivity contribution in [2.75, 3.05) is 13.2 Å². The molecule has 0 aliphatic heterocycles. The number of phosphoric acid groups is 1. The highest BCUT2D eigenvalue weighted by atomic mass is 31.2. The third kappa shape index (κ3) is 26.7. The van der Waals surface area contributed by atoms with E-state index in [1.165, 1.54) is 64.2 Å². The van der Waals surface area contributed by atoms with Crippen molar-refractivity contribution in [1.82, 2.24) is 0 Å². The third-order valence-electron chi connectivity index (χ3n) is 9.95. The van der Waals surface area contributed by atoms with Gasteiger partial charge in [0, 0.05) is 12.8 Å². The van der Waals surface area contributed by atoms with Crippen molar-refractivity contribution in [3.63, 3.8) is 0 Å². The monoisotopic (exact) mass is 833 g/mol. The number of ether oxygens (including phenoxy) is 2. The first-order valence-corrected chi connectivity index (χ1v) is 23.3. The summed E-state index contributed by atoms with van der Waals surface area (Å²) in [4.78, 5) is 35.6. The van der Waals surface area contributed by atoms with E-state index in [0.29, 0.717) is 12.8 Å². The number of hydrogen-bond donors (Lipinski definition) is 6. The molecule has 0 aromatic carbocycles. The van der Waals surface area contributed by atoms with Crippen LogP contribution in [-0.4, -0.2) is 98.3 Å². The first kappa shape index (κ1) is 53.1. The second-order valence-corrected chi connectivity index (χ2v) is 16.6. The van der Waals surface area contributed by atoms with Crippen molar-refractivity contribution in [3.05, 3.63) is 36.5 Å². The van der Waals surface area contributed by atoms with Gasteiger partial charge in [0.05, 0.1) is 6.61 Å². The van der Waals surface area contributed by atoms with E-state index < -0.39 is 75.7 Å². The fourth-order valence-electron chi connectivity index (χ4n) is 6.37. The predicted molar refractivity (Wildman–Crippen MR) is 221 cm³/mol. The van der Waals surface area contributed by atoms with Crippen LogP contribution >= 0.6 is 7.82 Å². The number of aliphatic hydroxyl groups excluding tert-OH is 5. The Kier molecular flexibility index (Phi) is 31.5. The zero-order valence-electron chi connectivity index (χ0n) is 34.9. The molecule has 1 fully saturated rings. The zero-order chi connectivity index (χ0) is 42.2. The molecule has 0 spiro atoms. The van der Waals surface area contributed by atoms with E-state index in [-0.39, 0.29) is 12.8 Å². The van der Waals surface area contributed by atoms with Crippen LogP contribution in [0.2, 0.25) is 0 Å². The molecule has 332 valence electrons. The van der Waals surface area contributed by atoms with Crippen LogP contribution in [0.25, 0.3) is 0 Å². The molecule has 8 atom stereocenters. The highest BCUT2D eigenvalue weighted by molar-refractivity contribution is 7.47. The topological polar surface area (TPSA) is 210 Å². The lowest BCUT2D eigenvalue weighted by molar-refractivity contribution is -0.220. The van der Waals surface area contributed by atoms with E-state index in [1.54, 1.807) is 0 Å². The van der Waals surface area contributed by atoms with Crippen LogP contribution < -0.4 is 0 Å². The number of phosphoric ester groups is 1. The lowest BCUT2D eigenvalue weighted by Crippen LogP contribution is -2.64. The summed E-state index contributed by atoms with van der Waals surface area (Å²) >= 11 is 0. The van der Waals surface area contributed by atoms with Crippen LogP contribution in [0.5, 0.6) is 0 Å². The lowest BCUT2D eigenvalue weighted by atomic mass is 9.85. The number of rotatable bonds is 35. The third-order valence-corrected chi connectivity index (χ3v) is 10.9. The highest BCUT2D eigenvalue weighted by Gasteiger charge is 2.51. The first-order chi connectivity index (χ1) is 27.4. The molecule has 1 saturated carbocycles. The molecule has 1 rings (SSSR count). The molecular weight excluding hydrogens is 755 g/mol. The fraction of sp³-hybridized carbons (Fsp3) is 0.814. The van der Waals surface area contributed by atoms with Crippen LogP contribution in [0.15, 0.2) is 36.5 Å². The van der Waals surface area contributed by atoms with Gasteiger partial charge in [-0.1, -0.05) is 121 Å². The smallest absolute Gasteiger partial charge is 0.462 e. The summed E-state index contributed by atoms with van der Waals surface area (Å²) in [6.45, 7) is 3.22. The molecule has 0 bridgehead atoms. The molecule has 0 radical (unpaired) electrons. The van der Waals surface area contributed by atoms with E-state index in [1.807, 2.05) is 0 Å². The van der Waals surface area contributed by atoms with Gasteiger partial charge in [0.2, 0.25) is 0 Å². The van der Waals surface area contributed by atoms with E-state index in [4.69, 9.17) is 18.5 Å². The minimum atomic E-state index is -5.12. The molecule has 6 unspecified atom stereocenters. The van der Waals surface area contributed by atoms with Gasteiger partial charge < -0.3 is 39.9 Å². The van der Waals surface area contributed by atoms with Gasteiger partial charge >= 0.3 is 19.8 Å². The highest BCUT2D eigenvalue weighted by Crippen LogP contribution is 2.47. The maximum atomic E-state index is 12.8. The molecule has 6 N–H and O–H groups in total. The molecule has 1 aliphatic carbocycles. The Morgan fingerprint density at radius 1 is 0.544 bits per heavy atom. The van der Waals surface area contributed by atoms with E-state index in [0.717, 1.165) is 64.2 Å². The standard InChI is InChI=1S/C43H77O13P/c1-3-5-7-9-11-13-15-17-18-20-21-23-25-27-29-31-36(44)53-33-35(34-54-57(51,52)56-43-41(49)39(47)38(46)40(48)42(43)50)55-37(45)32-30-28-26-24-22-19-16-14-12-10-8-6-4-2/h14,16-18,21,23,35,38-43,46-50H,3-13,15,19-20,22,24-34H2,1-2H3,(H,51,52)/b16-14+,18-17+,23-21+/t35-,38?,39-,40?,41?,42?,43?/m0/s1. The summed E-state index contributed by atoms with van der Waals surface area (Å²) in [5.74, 6) is -1.15. The molecule has 0 aromatic rings. The van der Waals surface area contributed by atoms with Gasteiger partial charge in [0.25, 0.3) is 0 Å². The van der Waals surface area contributed by atoms with E-state index >= 15 is 0 Å². The Morgan fingerprint density at radius 2 is 0.947 bits per heavy atom. The summed E-state index contributed by atoms with van der Waals surface area (Å²) in [6, 6.07) is 0. The van der Waals surface area contributed by atoms with Gasteiger partial charge in [-0.15, -0.1) is 0 Å². The van der Waals surface area contributed by atoms with E-state index in [9.17, 15) is 44.6 Å². The van der Waals surface area contributed by atoms with E-state index in [2.05, 4.69) is 50.3 Å². The van der Waals surface area contributed by atoms with Crippen LogP contribution in [0.1, 0.15) is 168 Å². The Labute approximate surface area is 342 Å². The van der Waals surface area contributed by atoms with Crippen LogP contribution in [0.3, 0.4) is 0 Å². The second kappa shape index (κ2) is 33.9. The molecular formula is C43H77O13P. The lowest BCUT2D eigenvalue weighted by Gasteiger charge is -2.41. The van der Waals surface area contributed by atoms with Gasteiger partial charge in [-0.25, -0.2) is 4.57 Å². The predicted octanol–water partition coefficient (Wildman–Crippen LogP) is 7.83. The number of unbranched alkanes of at least 4 members (excludes halogenated alkanes) is 17. The summed E-state index contributed by atoms with van der Waals surface area (Å²) in [7, 11) is -5.12. The SMILES string of the molecule is CCCCCC/C=C/CCCCCCCC(=O)O[C@@H](COC(=O)CCCC/C=C/C/C=C/CCCCCCCC)COP(=O)(O)OC1C(O)C(O)C(O)[C@H](O)C1O. The second-order valence-electron chi connectivity index (χ2n) is 15.2. The van der Waals surface area contributed by atoms with Crippen LogP contribution in [0, 0.1) is 0 Å². The number of aliphatic hydroxyl groups is 5. The van der Waals surface area contributed by atoms with Gasteiger partial charge in [-0.05, 0) is 70.6 Å². The molecule has 14 heteroatoms. The molecule has 1 aliphatic rings. The molecule has 0 aromatic heterocycles. The fourth-order valence-corrected chi connectivity index (χ4v) is 7.34. The summed E-state index contributed by atoms with van der Waals surface area (Å²) in [6.07, 6.45) is 23.5. The summed E-state index contributed by atoms with van der Waals surface area (Å²) < 4.78 is 33.4. The normalized spacial score (nSPS) is 23.0. The number of esters is 2. The van der Waals surface area contributed by atoms with Crippen LogP contribution in [0.4, 0.5) is 0 Å². The Balaban J connectivity index is 2.52. The van der Waals surface area contributed by atoms with Gasteiger partial charge in [-0.2, -0.15) is 0 Å². The minimum Gasteiger partial charge on any atom is -0.462 e. The van der Waals surface area contributed by atoms with Crippen LogP contribution in [-0.2, 0) is 32.7 Å². The molecule has 13 nitrogen and oxygen atoms in total. The first-order valence-electron chi connectivity index (χ1n) is 21.8. The number of carbonyl (C=O) groups excluding carboxylic acids is 2. The average Bonchev–Trinajstić information content (AvgIpc) is 3.19. The van der Waals surface area contributed by atoms with Crippen molar-refractivity contribution < 1.29 is 63.1 Å². The van der Waals surface area contributed by atoms with Crippen molar-refractivity contribution in [1.29, 1.82) is 0 Å². The minimum absolute atomic E-state index is 0.0798. The summed E-state index contributed by atoms with van der Waals surface area (Å²) in [5, 5.41) is 50.0.